The van der Waals surface area contributed by atoms with Crippen LogP contribution in [0.25, 0.3) is 0 Å². The number of amides is 2. The van der Waals surface area contributed by atoms with E-state index in [1.54, 1.807) is 4.90 Å². The van der Waals surface area contributed by atoms with E-state index >= 15 is 0 Å². The molecule has 4 aliphatic heterocycles. The Hall–Kier alpha value is -2.11. The van der Waals surface area contributed by atoms with Crippen LogP contribution < -0.4 is 10.2 Å². The van der Waals surface area contributed by atoms with Gasteiger partial charge in [0.1, 0.15) is 5.01 Å². The van der Waals surface area contributed by atoms with E-state index < -0.39 is 5.97 Å². The first-order valence-electron chi connectivity index (χ1n) is 10.7. The molecule has 11 heteroatoms. The third-order valence-electron chi connectivity index (χ3n) is 6.35. The summed E-state index contributed by atoms with van der Waals surface area (Å²) < 4.78 is 6.22. The summed E-state index contributed by atoms with van der Waals surface area (Å²) in [6, 6.07) is 1.03. The molecule has 1 aromatic rings. The number of nitrogens with one attached hydrogen (secondary N) is 1. The van der Waals surface area contributed by atoms with Gasteiger partial charge in [0, 0.05) is 45.1 Å². The van der Waals surface area contributed by atoms with Crippen LogP contribution in [0.5, 0.6) is 0 Å². The first-order chi connectivity index (χ1) is 14.7. The van der Waals surface area contributed by atoms with Crippen LogP contribution >= 0.6 is 11.3 Å². The molecule has 4 atom stereocenters. The minimum Gasteiger partial charge on any atom is -0.481 e. The van der Waals surface area contributed by atoms with Crippen LogP contribution in [-0.2, 0) is 19.1 Å². The molecule has 5 heterocycles. The molecule has 31 heavy (non-hydrogen) atoms. The molecule has 2 unspecified atom stereocenters. The van der Waals surface area contributed by atoms with Crippen LogP contribution in [0.4, 0.5) is 5.13 Å². The lowest BCUT2D eigenvalue weighted by Gasteiger charge is -2.47. The molecule has 0 aliphatic carbocycles. The van der Waals surface area contributed by atoms with Crippen molar-refractivity contribution >= 4 is 34.3 Å². The van der Waals surface area contributed by atoms with Crippen LogP contribution in [0.15, 0.2) is 0 Å². The molecule has 2 bridgehead atoms. The van der Waals surface area contributed by atoms with Crippen molar-refractivity contribution in [3.05, 3.63) is 5.01 Å². The molecule has 1 spiro atoms. The molecule has 2 N–H and O–H groups in total. The fourth-order valence-electron chi connectivity index (χ4n) is 5.20. The number of hydrogen-bond donors (Lipinski definition) is 2. The molecule has 0 saturated carbocycles. The Morgan fingerprint density at radius 3 is 2.55 bits per heavy atom. The summed E-state index contributed by atoms with van der Waals surface area (Å²) in [5.74, 6) is -1.08. The van der Waals surface area contributed by atoms with Crippen LogP contribution in [0, 0.1) is 12.8 Å². The molecule has 2 amide bonds. The Kier molecular flexibility index (Phi) is 6.27. The van der Waals surface area contributed by atoms with Gasteiger partial charge in [0.15, 0.2) is 0 Å². The number of piperidine rings is 1. The minimum atomic E-state index is -0.833. The predicted molar refractivity (Wildman–Crippen MR) is 113 cm³/mol. The number of aromatic nitrogens is 2. The van der Waals surface area contributed by atoms with Gasteiger partial charge < -0.3 is 20.1 Å². The summed E-state index contributed by atoms with van der Waals surface area (Å²) in [6.07, 6.45) is 4.63. The lowest BCUT2D eigenvalue weighted by atomic mass is 9.85. The minimum absolute atomic E-state index is 0.0348. The Morgan fingerprint density at radius 1 is 1.26 bits per heavy atom. The number of carbonyl (C=O) groups is 3. The Balaban J connectivity index is 0.000000535. The van der Waals surface area contributed by atoms with Crippen molar-refractivity contribution in [1.82, 2.24) is 20.4 Å². The second-order valence-electron chi connectivity index (χ2n) is 8.87. The van der Waals surface area contributed by atoms with E-state index in [4.69, 9.17) is 14.6 Å². The van der Waals surface area contributed by atoms with Crippen LogP contribution in [0.2, 0.25) is 0 Å². The SMILES string of the molecule is CC(=O)O.Cc1nnc(N2CC(C(=O)N3CCOC4(C[C@H]5CC[C@@H](C4)N5)C3)CC2=O)s1. The largest absolute Gasteiger partial charge is 0.481 e. The molecule has 1 aromatic heterocycles. The Morgan fingerprint density at radius 2 is 1.94 bits per heavy atom. The molecule has 5 rings (SSSR count). The highest BCUT2D eigenvalue weighted by molar-refractivity contribution is 7.15. The first kappa shape index (κ1) is 22.1. The smallest absolute Gasteiger partial charge is 0.300 e. The van der Waals surface area contributed by atoms with Crippen LogP contribution in [0.1, 0.15) is 44.0 Å². The molecule has 4 aliphatic rings. The summed E-state index contributed by atoms with van der Waals surface area (Å²) in [6.45, 7) is 5.22. The number of aryl methyl sites for hydroxylation is 1. The summed E-state index contributed by atoms with van der Waals surface area (Å²) in [5, 5.41) is 20.5. The van der Waals surface area contributed by atoms with E-state index in [0.717, 1.165) is 24.8 Å². The maximum absolute atomic E-state index is 13.2. The number of morpholine rings is 1. The maximum atomic E-state index is 13.2. The summed E-state index contributed by atoms with van der Waals surface area (Å²) in [5.41, 5.74) is -0.205. The summed E-state index contributed by atoms with van der Waals surface area (Å²) in [4.78, 5) is 38.2. The standard InChI is InChI=1S/C18H25N5O3S.C2H4O2/c1-11-20-21-17(27-11)23-9-12(6-15(23)24)16(25)22-4-5-26-18(10-22)7-13-2-3-14(8-18)19-13;1-2(3)4/h12-14,19H,2-10H2,1H3;1H3,(H,3,4)/t12?,13-,14+,18?;. The van der Waals surface area contributed by atoms with E-state index in [1.807, 2.05) is 11.8 Å². The fraction of sp³-hybridized carbons (Fsp3) is 0.750. The highest BCUT2D eigenvalue weighted by Crippen LogP contribution is 2.39. The molecule has 10 nitrogen and oxygen atoms in total. The third kappa shape index (κ3) is 4.88. The number of anilines is 1. The second-order valence-corrected chi connectivity index (χ2v) is 10.0. The van der Waals surface area contributed by atoms with Gasteiger partial charge in [-0.3, -0.25) is 19.3 Å². The predicted octanol–water partition coefficient (Wildman–Crippen LogP) is 0.802. The number of carboxylic acids is 1. The zero-order valence-electron chi connectivity index (χ0n) is 17.9. The summed E-state index contributed by atoms with van der Waals surface area (Å²) >= 11 is 1.39. The lowest BCUT2D eigenvalue weighted by molar-refractivity contribution is -0.161. The van der Waals surface area contributed by atoms with Crippen molar-refractivity contribution in [3.8, 4) is 0 Å². The molecule has 170 valence electrons. The molecule has 0 aromatic carbocycles. The van der Waals surface area contributed by atoms with Gasteiger partial charge in [-0.25, -0.2) is 0 Å². The molecule has 4 fully saturated rings. The van der Waals surface area contributed by atoms with E-state index in [1.165, 1.54) is 24.2 Å². The van der Waals surface area contributed by atoms with Crippen molar-refractivity contribution in [2.45, 2.75) is 63.6 Å². The third-order valence-corrected chi connectivity index (χ3v) is 7.21. The van der Waals surface area contributed by atoms with Gasteiger partial charge in [-0.2, -0.15) is 0 Å². The van der Waals surface area contributed by atoms with Crippen molar-refractivity contribution < 1.29 is 24.2 Å². The fourth-order valence-corrected chi connectivity index (χ4v) is 5.91. The van der Waals surface area contributed by atoms with Gasteiger partial charge in [0.2, 0.25) is 16.9 Å². The molecule has 4 saturated heterocycles. The quantitative estimate of drug-likeness (QED) is 0.677. The number of fused-ring (bicyclic) bond motifs is 2. The Bertz CT molecular complexity index is 845. The zero-order valence-corrected chi connectivity index (χ0v) is 18.7. The van der Waals surface area contributed by atoms with Crippen LogP contribution in [0.3, 0.4) is 0 Å². The molecular formula is C20H29N5O5S. The van der Waals surface area contributed by atoms with E-state index in [9.17, 15) is 9.59 Å². The van der Waals surface area contributed by atoms with Gasteiger partial charge in [-0.05, 0) is 32.6 Å². The number of aliphatic carboxylic acids is 1. The zero-order chi connectivity index (χ0) is 22.2. The number of ether oxygens (including phenoxy) is 1. The number of rotatable bonds is 2. The van der Waals surface area contributed by atoms with Crippen molar-refractivity contribution in [2.24, 2.45) is 5.92 Å². The Labute approximate surface area is 184 Å². The van der Waals surface area contributed by atoms with Gasteiger partial charge in [0.05, 0.1) is 18.1 Å². The van der Waals surface area contributed by atoms with Crippen LogP contribution in [-0.4, -0.2) is 81.9 Å². The average Bonchev–Trinajstić information content (AvgIpc) is 3.39. The number of nitrogens with zero attached hydrogens (tertiary/aromatic N) is 4. The van der Waals surface area contributed by atoms with Crippen molar-refractivity contribution in [2.75, 3.05) is 31.1 Å². The van der Waals surface area contributed by atoms with E-state index in [2.05, 4.69) is 15.5 Å². The van der Waals surface area contributed by atoms with Gasteiger partial charge in [-0.1, -0.05) is 11.3 Å². The van der Waals surface area contributed by atoms with Gasteiger partial charge in [-0.15, -0.1) is 10.2 Å². The van der Waals surface area contributed by atoms with E-state index in [0.29, 0.717) is 43.5 Å². The van der Waals surface area contributed by atoms with Gasteiger partial charge >= 0.3 is 0 Å². The second kappa shape index (κ2) is 8.79. The van der Waals surface area contributed by atoms with Crippen molar-refractivity contribution in [1.29, 1.82) is 0 Å². The monoisotopic (exact) mass is 451 g/mol. The topological polar surface area (TPSA) is 125 Å². The number of carbonyl (C=O) groups excluding carboxylic acids is 2. The number of carboxylic acid groups (broad SMARTS) is 1. The average molecular weight is 452 g/mol. The van der Waals surface area contributed by atoms with E-state index in [-0.39, 0.29) is 29.8 Å². The van der Waals surface area contributed by atoms with Gasteiger partial charge in [0.25, 0.3) is 5.97 Å². The lowest BCUT2D eigenvalue weighted by Crippen LogP contribution is -2.60. The molecule has 0 radical (unpaired) electrons. The number of hydrogen-bond acceptors (Lipinski definition) is 8. The van der Waals surface area contributed by atoms with Crippen molar-refractivity contribution in [3.63, 3.8) is 0 Å². The normalized spacial score (nSPS) is 32.2. The highest BCUT2D eigenvalue weighted by atomic mass is 32.1. The summed E-state index contributed by atoms with van der Waals surface area (Å²) in [7, 11) is 0. The maximum Gasteiger partial charge on any atom is 0.300 e. The first-order valence-corrected chi connectivity index (χ1v) is 11.5. The highest BCUT2D eigenvalue weighted by Gasteiger charge is 2.49. The molecular weight excluding hydrogens is 422 g/mol.